The highest BCUT2D eigenvalue weighted by Gasteiger charge is 1.87. The summed E-state index contributed by atoms with van der Waals surface area (Å²) in [4.78, 5) is 4.25. The van der Waals surface area contributed by atoms with Crippen molar-refractivity contribution in [1.82, 2.24) is 0 Å². The first kappa shape index (κ1) is 10.6. The molecule has 0 fully saturated rings. The molecule has 11 heavy (non-hydrogen) atoms. The molecular formula is C9H14BrN. The average molecular weight is 216 g/mol. The van der Waals surface area contributed by atoms with Gasteiger partial charge in [0.15, 0.2) is 0 Å². The molecule has 0 amide bonds. The average Bonchev–Trinajstić information content (AvgIpc) is 1.85. The third-order valence-corrected chi connectivity index (χ3v) is 1.38. The van der Waals surface area contributed by atoms with Crippen LogP contribution in [0.25, 0.3) is 0 Å². The van der Waals surface area contributed by atoms with Gasteiger partial charge in [0.05, 0.1) is 0 Å². The Hall–Kier alpha value is -0.370. The minimum absolute atomic E-state index is 0.909. The SMILES string of the molecule is C=C(CC)/N=C(C)/C=C(\C)Br. The fourth-order valence-electron chi connectivity index (χ4n) is 0.649. The minimum Gasteiger partial charge on any atom is -0.259 e. The number of hydrogen-bond acceptors (Lipinski definition) is 1. The van der Waals surface area contributed by atoms with Crippen molar-refractivity contribution in [2.45, 2.75) is 27.2 Å². The second kappa shape index (κ2) is 5.30. The maximum absolute atomic E-state index is 4.25. The Morgan fingerprint density at radius 1 is 1.55 bits per heavy atom. The quantitative estimate of drug-likeness (QED) is 0.638. The van der Waals surface area contributed by atoms with E-state index in [2.05, 4.69) is 27.5 Å². The lowest BCUT2D eigenvalue weighted by Gasteiger charge is -1.95. The third-order valence-electron chi connectivity index (χ3n) is 1.15. The summed E-state index contributed by atoms with van der Waals surface area (Å²) in [5, 5.41) is 0. The van der Waals surface area contributed by atoms with E-state index in [1.807, 2.05) is 26.8 Å². The number of allylic oxidation sites excluding steroid dienone is 3. The smallest absolute Gasteiger partial charge is 0.0383 e. The normalized spacial score (nSPS) is 13.5. The zero-order valence-corrected chi connectivity index (χ0v) is 8.90. The Bertz CT molecular complexity index is 198. The Kier molecular flexibility index (Phi) is 5.12. The highest BCUT2D eigenvalue weighted by molar-refractivity contribution is 9.11. The lowest BCUT2D eigenvalue weighted by atomic mass is 10.3. The Morgan fingerprint density at radius 2 is 2.09 bits per heavy atom. The van der Waals surface area contributed by atoms with E-state index in [9.17, 15) is 0 Å². The Morgan fingerprint density at radius 3 is 2.45 bits per heavy atom. The van der Waals surface area contributed by atoms with Gasteiger partial charge in [0.25, 0.3) is 0 Å². The first-order valence-electron chi connectivity index (χ1n) is 3.63. The summed E-state index contributed by atoms with van der Waals surface area (Å²) >= 11 is 3.34. The van der Waals surface area contributed by atoms with Gasteiger partial charge in [0, 0.05) is 11.4 Å². The van der Waals surface area contributed by atoms with Crippen molar-refractivity contribution in [2.75, 3.05) is 0 Å². The summed E-state index contributed by atoms with van der Waals surface area (Å²) in [5.41, 5.74) is 1.92. The summed E-state index contributed by atoms with van der Waals surface area (Å²) in [6.45, 7) is 9.78. The van der Waals surface area contributed by atoms with E-state index in [-0.39, 0.29) is 0 Å². The molecule has 0 aromatic rings. The van der Waals surface area contributed by atoms with E-state index in [1.54, 1.807) is 0 Å². The van der Waals surface area contributed by atoms with E-state index in [4.69, 9.17) is 0 Å². The van der Waals surface area contributed by atoms with Crippen LogP contribution in [0.4, 0.5) is 0 Å². The molecule has 2 heteroatoms. The van der Waals surface area contributed by atoms with Crippen LogP contribution in [0, 0.1) is 0 Å². The molecule has 0 radical (unpaired) electrons. The second-order valence-electron chi connectivity index (χ2n) is 2.40. The van der Waals surface area contributed by atoms with Crippen molar-refractivity contribution in [3.05, 3.63) is 22.8 Å². The van der Waals surface area contributed by atoms with Crippen LogP contribution in [-0.2, 0) is 0 Å². The van der Waals surface area contributed by atoms with Gasteiger partial charge in [-0.25, -0.2) is 0 Å². The van der Waals surface area contributed by atoms with Gasteiger partial charge >= 0.3 is 0 Å². The molecule has 1 nitrogen and oxygen atoms in total. The maximum Gasteiger partial charge on any atom is 0.0383 e. The van der Waals surface area contributed by atoms with E-state index >= 15 is 0 Å². The van der Waals surface area contributed by atoms with E-state index in [0.29, 0.717) is 0 Å². The molecule has 0 aromatic carbocycles. The number of nitrogens with zero attached hydrogens (tertiary/aromatic N) is 1. The molecule has 0 N–H and O–H groups in total. The molecule has 0 aliphatic heterocycles. The fourth-order valence-corrected chi connectivity index (χ4v) is 0.980. The topological polar surface area (TPSA) is 12.4 Å². The van der Waals surface area contributed by atoms with Gasteiger partial charge in [-0.2, -0.15) is 0 Å². The lowest BCUT2D eigenvalue weighted by Crippen LogP contribution is -1.86. The second-order valence-corrected chi connectivity index (χ2v) is 3.65. The van der Waals surface area contributed by atoms with Crippen molar-refractivity contribution < 1.29 is 0 Å². The molecule has 0 spiro atoms. The van der Waals surface area contributed by atoms with Gasteiger partial charge in [0.2, 0.25) is 0 Å². The summed E-state index contributed by atoms with van der Waals surface area (Å²) < 4.78 is 1.09. The fraction of sp³-hybridized carbons (Fsp3) is 0.444. The van der Waals surface area contributed by atoms with Gasteiger partial charge in [-0.15, -0.1) is 0 Å². The molecule has 0 unspecified atom stereocenters. The van der Waals surface area contributed by atoms with Crippen LogP contribution < -0.4 is 0 Å². The van der Waals surface area contributed by atoms with Gasteiger partial charge in [0.1, 0.15) is 0 Å². The molecular weight excluding hydrogens is 202 g/mol. The standard InChI is InChI=1S/C9H14BrN/c1-5-8(3)11-9(4)6-7(2)10/h6H,3,5H2,1-2,4H3/b7-6+,11-9+. The van der Waals surface area contributed by atoms with Crippen LogP contribution in [0.2, 0.25) is 0 Å². The predicted octanol–water partition coefficient (Wildman–Crippen LogP) is 3.67. The number of halogens is 1. The van der Waals surface area contributed by atoms with Crippen LogP contribution in [0.3, 0.4) is 0 Å². The summed E-state index contributed by atoms with van der Waals surface area (Å²) in [5.74, 6) is 0. The molecule has 0 aliphatic carbocycles. The predicted molar refractivity (Wildman–Crippen MR) is 55.2 cm³/mol. The molecule has 0 heterocycles. The van der Waals surface area contributed by atoms with Crippen molar-refractivity contribution in [3.63, 3.8) is 0 Å². The molecule has 0 bridgehead atoms. The van der Waals surface area contributed by atoms with Crippen LogP contribution >= 0.6 is 15.9 Å². The first-order chi connectivity index (χ1) is 5.06. The van der Waals surface area contributed by atoms with Crippen molar-refractivity contribution in [3.8, 4) is 0 Å². The van der Waals surface area contributed by atoms with E-state index in [0.717, 1.165) is 22.3 Å². The lowest BCUT2D eigenvalue weighted by molar-refractivity contribution is 1.08. The van der Waals surface area contributed by atoms with Crippen LogP contribution in [0.15, 0.2) is 27.8 Å². The number of hydrogen-bond donors (Lipinski definition) is 0. The van der Waals surface area contributed by atoms with E-state index in [1.165, 1.54) is 0 Å². The molecule has 0 aliphatic rings. The molecule has 62 valence electrons. The monoisotopic (exact) mass is 215 g/mol. The zero-order chi connectivity index (χ0) is 8.85. The molecule has 0 rings (SSSR count). The molecule has 0 saturated carbocycles. The van der Waals surface area contributed by atoms with E-state index < -0.39 is 0 Å². The number of rotatable bonds is 3. The van der Waals surface area contributed by atoms with Gasteiger partial charge in [-0.05, 0) is 30.8 Å². The zero-order valence-electron chi connectivity index (χ0n) is 7.32. The Labute approximate surface area is 77.0 Å². The summed E-state index contributed by atoms with van der Waals surface area (Å²) in [6.07, 6.45) is 2.88. The summed E-state index contributed by atoms with van der Waals surface area (Å²) in [7, 11) is 0. The number of aliphatic imine (C=N–C) groups is 1. The third kappa shape index (κ3) is 6.05. The molecule has 0 saturated heterocycles. The van der Waals surface area contributed by atoms with Crippen LogP contribution in [-0.4, -0.2) is 5.71 Å². The van der Waals surface area contributed by atoms with Crippen molar-refractivity contribution in [1.29, 1.82) is 0 Å². The highest BCUT2D eigenvalue weighted by Crippen LogP contribution is 2.04. The van der Waals surface area contributed by atoms with Crippen molar-refractivity contribution in [2.24, 2.45) is 4.99 Å². The first-order valence-corrected chi connectivity index (χ1v) is 4.42. The maximum atomic E-state index is 4.25. The highest BCUT2D eigenvalue weighted by atomic mass is 79.9. The van der Waals surface area contributed by atoms with Gasteiger partial charge < -0.3 is 0 Å². The largest absolute Gasteiger partial charge is 0.259 e. The minimum atomic E-state index is 0.909. The van der Waals surface area contributed by atoms with Gasteiger partial charge in [-0.3, -0.25) is 4.99 Å². The summed E-state index contributed by atoms with van der Waals surface area (Å²) in [6, 6.07) is 0. The van der Waals surface area contributed by atoms with Crippen LogP contribution in [0.1, 0.15) is 27.2 Å². The molecule has 0 aromatic heterocycles. The molecule has 0 atom stereocenters. The Balaban J connectivity index is 4.23. The van der Waals surface area contributed by atoms with Crippen molar-refractivity contribution >= 4 is 21.6 Å². The van der Waals surface area contributed by atoms with Gasteiger partial charge in [-0.1, -0.05) is 29.4 Å². The van der Waals surface area contributed by atoms with Crippen LogP contribution in [0.5, 0.6) is 0 Å².